The molecule has 0 radical (unpaired) electrons. The molecule has 122 valence electrons. The fourth-order valence-electron chi connectivity index (χ4n) is 2.56. The summed E-state index contributed by atoms with van der Waals surface area (Å²) in [5, 5.41) is 17.2. The second-order valence-corrected chi connectivity index (χ2v) is 6.45. The lowest BCUT2D eigenvalue weighted by Gasteiger charge is -2.13. The quantitative estimate of drug-likeness (QED) is 0.733. The van der Waals surface area contributed by atoms with Gasteiger partial charge in [-0.3, -0.25) is 4.79 Å². The molecule has 1 aromatic heterocycles. The van der Waals surface area contributed by atoms with Gasteiger partial charge in [0.1, 0.15) is 0 Å². The molecule has 3 aromatic rings. The van der Waals surface area contributed by atoms with Crippen LogP contribution in [0.3, 0.4) is 0 Å². The number of carbonyl (C=O) groups excluding carboxylic acids is 1. The Kier molecular flexibility index (Phi) is 5.08. The SMILES string of the molecule is Cc1ccccc1C(=O)NC[C@H](O)c1ccc(-c2ccsc2)cc1. The van der Waals surface area contributed by atoms with Crippen molar-refractivity contribution in [3.8, 4) is 11.1 Å². The molecule has 0 fully saturated rings. The lowest BCUT2D eigenvalue weighted by Crippen LogP contribution is -2.28. The normalized spacial score (nSPS) is 11.9. The summed E-state index contributed by atoms with van der Waals surface area (Å²) in [6.45, 7) is 2.08. The third-order valence-corrected chi connectivity index (χ3v) is 4.68. The summed E-state index contributed by atoms with van der Waals surface area (Å²) in [4.78, 5) is 12.2. The van der Waals surface area contributed by atoms with Crippen LogP contribution in [0.2, 0.25) is 0 Å². The zero-order chi connectivity index (χ0) is 16.9. The minimum atomic E-state index is -0.727. The van der Waals surface area contributed by atoms with Gasteiger partial charge in [-0.15, -0.1) is 0 Å². The van der Waals surface area contributed by atoms with Crippen molar-refractivity contribution in [2.24, 2.45) is 0 Å². The predicted octanol–water partition coefficient (Wildman–Crippen LogP) is 4.19. The maximum atomic E-state index is 12.2. The molecule has 0 aliphatic rings. The molecule has 1 amide bonds. The van der Waals surface area contributed by atoms with E-state index in [2.05, 4.69) is 16.8 Å². The Balaban J connectivity index is 1.62. The van der Waals surface area contributed by atoms with Gasteiger partial charge in [0.15, 0.2) is 0 Å². The van der Waals surface area contributed by atoms with Crippen molar-refractivity contribution in [1.82, 2.24) is 5.32 Å². The molecular weight excluding hydrogens is 318 g/mol. The topological polar surface area (TPSA) is 49.3 Å². The molecular formula is C20H19NO2S. The van der Waals surface area contributed by atoms with Gasteiger partial charge in [-0.2, -0.15) is 11.3 Å². The van der Waals surface area contributed by atoms with E-state index in [9.17, 15) is 9.90 Å². The molecule has 1 heterocycles. The number of aliphatic hydroxyl groups is 1. The van der Waals surface area contributed by atoms with E-state index < -0.39 is 6.10 Å². The maximum absolute atomic E-state index is 12.2. The largest absolute Gasteiger partial charge is 0.387 e. The Bertz CT molecular complexity index is 810. The fourth-order valence-corrected chi connectivity index (χ4v) is 3.22. The fraction of sp³-hybridized carbons (Fsp3) is 0.150. The number of carbonyl (C=O) groups is 1. The Morgan fingerprint density at radius 2 is 1.83 bits per heavy atom. The van der Waals surface area contributed by atoms with Gasteiger partial charge in [0, 0.05) is 12.1 Å². The van der Waals surface area contributed by atoms with E-state index in [1.54, 1.807) is 17.4 Å². The van der Waals surface area contributed by atoms with Crippen LogP contribution < -0.4 is 5.32 Å². The van der Waals surface area contributed by atoms with Crippen LogP contribution in [0.25, 0.3) is 11.1 Å². The van der Waals surface area contributed by atoms with Crippen molar-refractivity contribution < 1.29 is 9.90 Å². The summed E-state index contributed by atoms with van der Waals surface area (Å²) in [6.07, 6.45) is -0.727. The standard InChI is InChI=1S/C20H19NO2S/c1-14-4-2-3-5-18(14)20(23)21-12-19(22)16-8-6-15(7-9-16)17-10-11-24-13-17/h2-11,13,19,22H,12H2,1H3,(H,21,23)/t19-/m0/s1. The van der Waals surface area contributed by atoms with E-state index in [1.165, 1.54) is 5.56 Å². The molecule has 3 nitrogen and oxygen atoms in total. The highest BCUT2D eigenvalue weighted by Crippen LogP contribution is 2.24. The van der Waals surface area contributed by atoms with Crippen molar-refractivity contribution >= 4 is 17.2 Å². The van der Waals surface area contributed by atoms with Crippen LogP contribution in [-0.2, 0) is 0 Å². The van der Waals surface area contributed by atoms with Crippen molar-refractivity contribution in [3.63, 3.8) is 0 Å². The van der Waals surface area contributed by atoms with Crippen molar-refractivity contribution in [3.05, 3.63) is 82.0 Å². The summed E-state index contributed by atoms with van der Waals surface area (Å²) in [6, 6.07) is 17.3. The Morgan fingerprint density at radius 3 is 2.50 bits per heavy atom. The number of aryl methyl sites for hydroxylation is 1. The number of benzene rings is 2. The molecule has 0 spiro atoms. The number of thiophene rings is 1. The molecule has 1 atom stereocenters. The smallest absolute Gasteiger partial charge is 0.251 e. The zero-order valence-corrected chi connectivity index (χ0v) is 14.2. The van der Waals surface area contributed by atoms with E-state index >= 15 is 0 Å². The van der Waals surface area contributed by atoms with Gasteiger partial charge in [0.05, 0.1) is 6.10 Å². The van der Waals surface area contributed by atoms with Gasteiger partial charge in [0.25, 0.3) is 5.91 Å². The first kappa shape index (κ1) is 16.4. The first-order valence-electron chi connectivity index (χ1n) is 7.79. The minimum absolute atomic E-state index is 0.165. The second-order valence-electron chi connectivity index (χ2n) is 5.67. The predicted molar refractivity (Wildman–Crippen MR) is 98.2 cm³/mol. The van der Waals surface area contributed by atoms with Gasteiger partial charge >= 0.3 is 0 Å². The van der Waals surface area contributed by atoms with Crippen LogP contribution in [0, 0.1) is 6.92 Å². The van der Waals surface area contributed by atoms with E-state index in [4.69, 9.17) is 0 Å². The van der Waals surface area contributed by atoms with E-state index in [-0.39, 0.29) is 12.5 Å². The molecule has 0 aliphatic heterocycles. The first-order valence-corrected chi connectivity index (χ1v) is 8.74. The average molecular weight is 337 g/mol. The second kappa shape index (κ2) is 7.43. The van der Waals surface area contributed by atoms with Gasteiger partial charge in [0.2, 0.25) is 0 Å². The van der Waals surface area contributed by atoms with Crippen LogP contribution >= 0.6 is 11.3 Å². The van der Waals surface area contributed by atoms with Crippen LogP contribution in [-0.4, -0.2) is 17.6 Å². The number of amides is 1. The van der Waals surface area contributed by atoms with Gasteiger partial charge in [-0.05, 0) is 52.1 Å². The van der Waals surface area contributed by atoms with Crippen LogP contribution in [0.4, 0.5) is 0 Å². The lowest BCUT2D eigenvalue weighted by molar-refractivity contribution is 0.0915. The van der Waals surface area contributed by atoms with Crippen LogP contribution in [0.1, 0.15) is 27.6 Å². The molecule has 0 saturated carbocycles. The number of hydrogen-bond donors (Lipinski definition) is 2. The molecule has 24 heavy (non-hydrogen) atoms. The first-order chi connectivity index (χ1) is 11.6. The van der Waals surface area contributed by atoms with Gasteiger partial charge in [-0.1, -0.05) is 42.5 Å². The summed E-state index contributed by atoms with van der Waals surface area (Å²) in [5.74, 6) is -0.165. The van der Waals surface area contributed by atoms with E-state index in [0.29, 0.717) is 5.56 Å². The third kappa shape index (κ3) is 3.72. The summed E-state index contributed by atoms with van der Waals surface area (Å²) in [7, 11) is 0. The van der Waals surface area contributed by atoms with Crippen LogP contribution in [0.15, 0.2) is 65.4 Å². The highest BCUT2D eigenvalue weighted by molar-refractivity contribution is 7.08. The average Bonchev–Trinajstić information content (AvgIpc) is 3.14. The molecule has 2 N–H and O–H groups in total. The van der Waals surface area contributed by atoms with Gasteiger partial charge < -0.3 is 10.4 Å². The lowest BCUT2D eigenvalue weighted by atomic mass is 10.0. The Morgan fingerprint density at radius 1 is 1.08 bits per heavy atom. The highest BCUT2D eigenvalue weighted by Gasteiger charge is 2.12. The van der Waals surface area contributed by atoms with Gasteiger partial charge in [-0.25, -0.2) is 0 Å². The van der Waals surface area contributed by atoms with Crippen LogP contribution in [0.5, 0.6) is 0 Å². The number of rotatable bonds is 5. The molecule has 0 saturated heterocycles. The number of aliphatic hydroxyl groups excluding tert-OH is 1. The highest BCUT2D eigenvalue weighted by atomic mass is 32.1. The maximum Gasteiger partial charge on any atom is 0.251 e. The zero-order valence-electron chi connectivity index (χ0n) is 13.4. The third-order valence-electron chi connectivity index (χ3n) is 4.00. The number of hydrogen-bond acceptors (Lipinski definition) is 3. The Labute approximate surface area is 145 Å². The summed E-state index contributed by atoms with van der Waals surface area (Å²) >= 11 is 1.66. The van der Waals surface area contributed by atoms with E-state index in [1.807, 2.05) is 54.8 Å². The summed E-state index contributed by atoms with van der Waals surface area (Å²) in [5.41, 5.74) is 4.64. The monoisotopic (exact) mass is 337 g/mol. The molecule has 3 rings (SSSR count). The van der Waals surface area contributed by atoms with Crippen molar-refractivity contribution in [1.29, 1.82) is 0 Å². The molecule has 0 bridgehead atoms. The van der Waals surface area contributed by atoms with E-state index in [0.717, 1.165) is 16.7 Å². The molecule has 2 aromatic carbocycles. The molecule has 0 aliphatic carbocycles. The summed E-state index contributed by atoms with van der Waals surface area (Å²) < 4.78 is 0. The minimum Gasteiger partial charge on any atom is -0.387 e. The van der Waals surface area contributed by atoms with Crippen molar-refractivity contribution in [2.75, 3.05) is 6.54 Å². The number of nitrogens with one attached hydrogen (secondary N) is 1. The molecule has 0 unspecified atom stereocenters. The van der Waals surface area contributed by atoms with Crippen molar-refractivity contribution in [2.45, 2.75) is 13.0 Å². The Hall–Kier alpha value is -2.43. The molecule has 4 heteroatoms.